The summed E-state index contributed by atoms with van der Waals surface area (Å²) >= 11 is 5.87. The van der Waals surface area contributed by atoms with Gasteiger partial charge in [-0.1, -0.05) is 11.6 Å². The van der Waals surface area contributed by atoms with Crippen LogP contribution < -0.4 is 10.6 Å². The average Bonchev–Trinajstić information content (AvgIpc) is 2.98. The van der Waals surface area contributed by atoms with Crippen molar-refractivity contribution in [1.82, 2.24) is 20.0 Å². The van der Waals surface area contributed by atoms with Crippen LogP contribution in [0.5, 0.6) is 0 Å². The summed E-state index contributed by atoms with van der Waals surface area (Å²) in [5.74, 6) is -3.26. The van der Waals surface area contributed by atoms with Crippen molar-refractivity contribution in [2.45, 2.75) is 24.9 Å². The third-order valence-corrected chi connectivity index (χ3v) is 3.56. The molecule has 0 spiro atoms. The minimum atomic E-state index is -2.82. The molecule has 0 aliphatic carbocycles. The topological polar surface area (TPSA) is 58.4 Å². The van der Waals surface area contributed by atoms with E-state index in [9.17, 15) is 13.6 Å². The van der Waals surface area contributed by atoms with Crippen molar-refractivity contribution < 1.29 is 13.6 Å². The molecule has 10 heteroatoms. The third-order valence-electron chi connectivity index (χ3n) is 3.33. The second-order valence-electron chi connectivity index (χ2n) is 5.06. The predicted molar refractivity (Wildman–Crippen MR) is 87.9 cm³/mol. The Labute approximate surface area is 148 Å². The zero-order chi connectivity index (χ0) is 15.0. The molecule has 3 heterocycles. The molecule has 1 fully saturated rings. The highest BCUT2D eigenvalue weighted by Gasteiger charge is 2.42. The number of imidazole rings is 1. The Bertz CT molecular complexity index is 695. The third kappa shape index (κ3) is 4.67. The van der Waals surface area contributed by atoms with E-state index in [-0.39, 0.29) is 31.4 Å². The van der Waals surface area contributed by atoms with Crippen molar-refractivity contribution >= 4 is 48.0 Å². The molecular formula is C13H15Cl3F2N4O. The molecular weight excluding hydrogens is 373 g/mol. The van der Waals surface area contributed by atoms with Gasteiger partial charge in [0.25, 0.3) is 5.92 Å². The van der Waals surface area contributed by atoms with Crippen molar-refractivity contribution in [3.63, 3.8) is 0 Å². The molecule has 1 aliphatic heterocycles. The Hall–Kier alpha value is -1.15. The highest BCUT2D eigenvalue weighted by molar-refractivity contribution is 6.30. The molecule has 1 aliphatic rings. The minimum absolute atomic E-state index is 0. The molecule has 0 aromatic carbocycles. The van der Waals surface area contributed by atoms with Crippen molar-refractivity contribution in [1.29, 1.82) is 0 Å². The standard InChI is InChI=1S/C13H13ClF2N4O.2ClH/c14-8-1-2-11-19-9(6-20(11)5-8)4-17-12(21)10-3-13(15,16)7-18-10;;/h1-2,5-6,10,18H,3-4,7H2,(H,17,21);2*1H. The van der Waals surface area contributed by atoms with E-state index >= 15 is 0 Å². The summed E-state index contributed by atoms with van der Waals surface area (Å²) in [7, 11) is 0. The lowest BCUT2D eigenvalue weighted by atomic mass is 10.2. The SMILES string of the molecule is Cl.Cl.O=C(NCc1cn2cc(Cl)ccc2n1)C1CC(F)(F)CN1. The Morgan fingerprint density at radius 1 is 1.43 bits per heavy atom. The highest BCUT2D eigenvalue weighted by Crippen LogP contribution is 2.25. The Morgan fingerprint density at radius 3 is 2.83 bits per heavy atom. The number of hydrogen-bond acceptors (Lipinski definition) is 3. The number of aromatic nitrogens is 2. The van der Waals surface area contributed by atoms with E-state index in [1.54, 1.807) is 28.9 Å². The maximum atomic E-state index is 13.0. The summed E-state index contributed by atoms with van der Waals surface area (Å²) in [6, 6.07) is 2.62. The number of nitrogens with one attached hydrogen (secondary N) is 2. The van der Waals surface area contributed by atoms with E-state index in [0.29, 0.717) is 16.4 Å². The van der Waals surface area contributed by atoms with E-state index in [1.165, 1.54) is 0 Å². The van der Waals surface area contributed by atoms with Crippen LogP contribution in [0.1, 0.15) is 12.1 Å². The van der Waals surface area contributed by atoms with Crippen molar-refractivity contribution in [2.24, 2.45) is 0 Å². The van der Waals surface area contributed by atoms with E-state index < -0.39 is 30.8 Å². The number of alkyl halides is 2. The number of hydrogen-bond donors (Lipinski definition) is 2. The van der Waals surface area contributed by atoms with Crippen LogP contribution in [0, 0.1) is 0 Å². The summed E-state index contributed by atoms with van der Waals surface area (Å²) in [6.45, 7) is -0.278. The summed E-state index contributed by atoms with van der Waals surface area (Å²) in [5, 5.41) is 5.70. The number of carbonyl (C=O) groups is 1. The second kappa shape index (κ2) is 7.61. The van der Waals surface area contributed by atoms with Gasteiger partial charge in [0.2, 0.25) is 5.91 Å². The molecule has 2 aromatic rings. The number of carbonyl (C=O) groups excluding carboxylic acids is 1. The smallest absolute Gasteiger partial charge is 0.262 e. The van der Waals surface area contributed by atoms with Gasteiger partial charge < -0.3 is 9.72 Å². The first-order chi connectivity index (χ1) is 9.93. The summed E-state index contributed by atoms with van der Waals surface area (Å²) in [6.07, 6.45) is 2.96. The van der Waals surface area contributed by atoms with Crippen LogP contribution in [-0.4, -0.2) is 33.8 Å². The Morgan fingerprint density at radius 2 is 2.17 bits per heavy atom. The zero-order valence-corrected chi connectivity index (χ0v) is 14.2. The van der Waals surface area contributed by atoms with Crippen LogP contribution in [0.25, 0.3) is 5.65 Å². The maximum Gasteiger partial charge on any atom is 0.262 e. The van der Waals surface area contributed by atoms with Gasteiger partial charge in [-0.05, 0) is 12.1 Å². The van der Waals surface area contributed by atoms with Gasteiger partial charge in [0.05, 0.1) is 29.8 Å². The van der Waals surface area contributed by atoms with Crippen LogP contribution in [0.4, 0.5) is 8.78 Å². The van der Waals surface area contributed by atoms with Gasteiger partial charge in [-0.15, -0.1) is 24.8 Å². The lowest BCUT2D eigenvalue weighted by Crippen LogP contribution is -2.40. The molecule has 1 atom stereocenters. The summed E-state index contributed by atoms with van der Waals surface area (Å²) < 4.78 is 27.8. The van der Waals surface area contributed by atoms with Gasteiger partial charge in [-0.25, -0.2) is 13.8 Å². The minimum Gasteiger partial charge on any atom is -0.349 e. The lowest BCUT2D eigenvalue weighted by molar-refractivity contribution is -0.123. The highest BCUT2D eigenvalue weighted by atomic mass is 35.5. The largest absolute Gasteiger partial charge is 0.349 e. The average molecular weight is 388 g/mol. The molecule has 3 rings (SSSR count). The molecule has 0 bridgehead atoms. The monoisotopic (exact) mass is 386 g/mol. The molecule has 2 aromatic heterocycles. The molecule has 0 saturated carbocycles. The summed E-state index contributed by atoms with van der Waals surface area (Å²) in [5.41, 5.74) is 1.34. The predicted octanol–water partition coefficient (Wildman–Crippen LogP) is 2.44. The van der Waals surface area contributed by atoms with Crippen LogP contribution >= 0.6 is 36.4 Å². The molecule has 1 amide bonds. The van der Waals surface area contributed by atoms with Crippen LogP contribution in [-0.2, 0) is 11.3 Å². The van der Waals surface area contributed by atoms with E-state index in [0.717, 1.165) is 0 Å². The first-order valence-corrected chi connectivity index (χ1v) is 6.83. The van der Waals surface area contributed by atoms with Gasteiger partial charge >= 0.3 is 0 Å². The number of nitrogens with zero attached hydrogens (tertiary/aromatic N) is 2. The summed E-state index contributed by atoms with van der Waals surface area (Å²) in [4.78, 5) is 16.1. The van der Waals surface area contributed by atoms with Gasteiger partial charge in [0.15, 0.2) is 0 Å². The quantitative estimate of drug-likeness (QED) is 0.850. The first kappa shape index (κ1) is 19.9. The van der Waals surface area contributed by atoms with Gasteiger partial charge in [-0.3, -0.25) is 10.1 Å². The van der Waals surface area contributed by atoms with Crippen LogP contribution in [0.2, 0.25) is 5.02 Å². The van der Waals surface area contributed by atoms with E-state index in [4.69, 9.17) is 11.6 Å². The number of pyridine rings is 1. The number of halogens is 5. The molecule has 0 radical (unpaired) electrons. The fourth-order valence-corrected chi connectivity index (χ4v) is 2.47. The van der Waals surface area contributed by atoms with Gasteiger partial charge in [0, 0.05) is 18.8 Å². The molecule has 23 heavy (non-hydrogen) atoms. The molecule has 5 nitrogen and oxygen atoms in total. The Kier molecular flexibility index (Phi) is 6.59. The van der Waals surface area contributed by atoms with Gasteiger partial charge in [0.1, 0.15) is 5.65 Å². The molecule has 1 saturated heterocycles. The number of rotatable bonds is 3. The lowest BCUT2D eigenvalue weighted by Gasteiger charge is -2.10. The van der Waals surface area contributed by atoms with Crippen LogP contribution in [0.3, 0.4) is 0 Å². The van der Waals surface area contributed by atoms with E-state index in [1.807, 2.05) is 0 Å². The number of fused-ring (bicyclic) bond motifs is 1. The van der Waals surface area contributed by atoms with Gasteiger partial charge in [-0.2, -0.15) is 0 Å². The molecule has 1 unspecified atom stereocenters. The normalized spacial score (nSPS) is 19.0. The van der Waals surface area contributed by atoms with Crippen LogP contribution in [0.15, 0.2) is 24.5 Å². The fourth-order valence-electron chi connectivity index (χ4n) is 2.30. The maximum absolute atomic E-state index is 13.0. The fraction of sp³-hybridized carbons (Fsp3) is 0.385. The molecule has 2 N–H and O–H groups in total. The van der Waals surface area contributed by atoms with Crippen molar-refractivity contribution in [3.8, 4) is 0 Å². The first-order valence-electron chi connectivity index (χ1n) is 6.45. The number of amides is 1. The molecule has 128 valence electrons. The van der Waals surface area contributed by atoms with E-state index in [2.05, 4.69) is 15.6 Å². The van der Waals surface area contributed by atoms with Crippen molar-refractivity contribution in [3.05, 3.63) is 35.2 Å². The van der Waals surface area contributed by atoms with Crippen molar-refractivity contribution in [2.75, 3.05) is 6.54 Å². The Balaban J connectivity index is 0.00000132. The zero-order valence-electron chi connectivity index (χ0n) is 11.8. The second-order valence-corrected chi connectivity index (χ2v) is 5.49.